The van der Waals surface area contributed by atoms with Crippen molar-refractivity contribution in [2.45, 2.75) is 51.5 Å². The third-order valence-corrected chi connectivity index (χ3v) is 9.31. The van der Waals surface area contributed by atoms with Crippen LogP contribution < -0.4 is 21.0 Å². The number of hydrogen-bond donors (Lipinski definition) is 3. The summed E-state index contributed by atoms with van der Waals surface area (Å²) in [6, 6.07) is 22.3. The van der Waals surface area contributed by atoms with E-state index in [1.54, 1.807) is 29.2 Å². The maximum Gasteiger partial charge on any atom is 0.253 e. The Hall–Kier alpha value is -6.47. The standard InChI is InChI=1S/C45H50N6O9/c52-40(19-20-45(57)51-33-37-10-4-3-8-35(37)15-16-36-9-5-6-11-39(36)51)46-24-27-59-29-31-60-30-28-58-26-23-41(53)48-38-17-13-34(14-18-38)32-47-49-42(54)12-2-1-7-25-50-43(55)21-22-44(50)56/h3-6,8-11,13-14,17-18,21-22,32H,1-2,7,12,19-20,23-31,33H2,(H,46,52)(H,48,53)(H,49,54)/b47-32+. The summed E-state index contributed by atoms with van der Waals surface area (Å²) < 4.78 is 16.5. The Morgan fingerprint density at radius 2 is 1.33 bits per heavy atom. The molecule has 314 valence electrons. The van der Waals surface area contributed by atoms with Gasteiger partial charge in [-0.2, -0.15) is 5.10 Å². The van der Waals surface area contributed by atoms with E-state index in [1.807, 2.05) is 48.5 Å². The molecule has 60 heavy (non-hydrogen) atoms. The van der Waals surface area contributed by atoms with Gasteiger partial charge in [0, 0.05) is 61.3 Å². The third kappa shape index (κ3) is 15.0. The first kappa shape index (κ1) is 44.6. The highest BCUT2D eigenvalue weighted by molar-refractivity contribution is 6.12. The molecule has 0 spiro atoms. The highest BCUT2D eigenvalue weighted by Gasteiger charge is 2.23. The van der Waals surface area contributed by atoms with Crippen LogP contribution in [0.15, 0.2) is 90.0 Å². The molecule has 5 rings (SSSR count). The summed E-state index contributed by atoms with van der Waals surface area (Å²) in [4.78, 5) is 76.1. The second kappa shape index (κ2) is 24.5. The van der Waals surface area contributed by atoms with Gasteiger partial charge < -0.3 is 29.7 Å². The number of para-hydroxylation sites is 1. The van der Waals surface area contributed by atoms with Gasteiger partial charge in [0.05, 0.1) is 64.5 Å². The molecule has 15 heteroatoms. The Labute approximate surface area is 349 Å². The molecular weight excluding hydrogens is 769 g/mol. The molecule has 0 fully saturated rings. The first-order chi connectivity index (χ1) is 29.3. The number of unbranched alkanes of at least 4 members (excludes halogenated alkanes) is 2. The monoisotopic (exact) mass is 818 g/mol. The maximum absolute atomic E-state index is 13.3. The van der Waals surface area contributed by atoms with Crippen LogP contribution in [0.3, 0.4) is 0 Å². The lowest BCUT2D eigenvalue weighted by Crippen LogP contribution is -2.34. The zero-order chi connectivity index (χ0) is 42.4. The number of benzene rings is 3. The lowest BCUT2D eigenvalue weighted by atomic mass is 10.0. The fourth-order valence-corrected chi connectivity index (χ4v) is 6.12. The van der Waals surface area contributed by atoms with E-state index in [1.165, 1.54) is 23.3 Å². The largest absolute Gasteiger partial charge is 0.379 e. The molecule has 0 aliphatic carbocycles. The predicted molar refractivity (Wildman–Crippen MR) is 225 cm³/mol. The van der Waals surface area contributed by atoms with Crippen molar-refractivity contribution in [3.63, 3.8) is 0 Å². The average Bonchev–Trinajstić information content (AvgIpc) is 3.57. The van der Waals surface area contributed by atoms with Crippen molar-refractivity contribution in [2.75, 3.05) is 62.9 Å². The minimum Gasteiger partial charge on any atom is -0.379 e. The minimum atomic E-state index is -0.301. The fourth-order valence-electron chi connectivity index (χ4n) is 6.12. The zero-order valence-electron chi connectivity index (χ0n) is 33.5. The second-order valence-corrected chi connectivity index (χ2v) is 13.8. The molecule has 0 unspecified atom stereocenters. The molecule has 3 aromatic carbocycles. The van der Waals surface area contributed by atoms with E-state index in [-0.39, 0.29) is 67.7 Å². The smallest absolute Gasteiger partial charge is 0.253 e. The lowest BCUT2D eigenvalue weighted by molar-refractivity contribution is -0.137. The first-order valence-corrected chi connectivity index (χ1v) is 20.0. The normalized spacial score (nSPS) is 12.9. The summed E-state index contributed by atoms with van der Waals surface area (Å²) in [5, 5.41) is 9.57. The van der Waals surface area contributed by atoms with Crippen LogP contribution in [0.25, 0.3) is 0 Å². The van der Waals surface area contributed by atoms with Gasteiger partial charge in [0.1, 0.15) is 0 Å². The Morgan fingerprint density at radius 1 is 0.667 bits per heavy atom. The molecule has 3 aromatic rings. The molecule has 0 bridgehead atoms. The summed E-state index contributed by atoms with van der Waals surface area (Å²) in [5.74, 6) is 4.96. The number of rotatable bonds is 24. The molecule has 2 aliphatic rings. The SMILES string of the molecule is O=C(CCC(=O)N1Cc2ccccc2C#Cc2ccccc21)NCCOCCOCCOCCC(=O)Nc1ccc(/C=N/NC(=O)CCCCCN2C(=O)C=CC2=O)cc1. The van der Waals surface area contributed by atoms with Gasteiger partial charge in [-0.05, 0) is 54.3 Å². The summed E-state index contributed by atoms with van der Waals surface area (Å²) in [6.45, 7) is 2.89. The molecule has 6 amide bonds. The summed E-state index contributed by atoms with van der Waals surface area (Å²) in [5.41, 5.74) is 7.16. The molecule has 3 N–H and O–H groups in total. The number of anilines is 2. The molecular formula is C45H50N6O9. The summed E-state index contributed by atoms with van der Waals surface area (Å²) in [7, 11) is 0. The van der Waals surface area contributed by atoms with Crippen molar-refractivity contribution in [1.82, 2.24) is 15.6 Å². The molecule has 0 radical (unpaired) electrons. The summed E-state index contributed by atoms with van der Waals surface area (Å²) in [6.07, 6.45) is 6.52. The van der Waals surface area contributed by atoms with Crippen molar-refractivity contribution >= 4 is 53.0 Å². The Bertz CT molecular complexity index is 2070. The van der Waals surface area contributed by atoms with Crippen LogP contribution in [0, 0.1) is 11.8 Å². The van der Waals surface area contributed by atoms with E-state index in [9.17, 15) is 28.8 Å². The number of hydrogen-bond acceptors (Lipinski definition) is 10. The number of carbonyl (C=O) groups excluding carboxylic acids is 6. The number of amides is 6. The number of hydrazone groups is 1. The van der Waals surface area contributed by atoms with Crippen molar-refractivity contribution in [3.8, 4) is 11.8 Å². The van der Waals surface area contributed by atoms with Crippen molar-refractivity contribution in [1.29, 1.82) is 0 Å². The molecule has 2 aliphatic heterocycles. The number of nitrogens with zero attached hydrogens (tertiary/aromatic N) is 3. The second-order valence-electron chi connectivity index (χ2n) is 13.8. The Balaban J connectivity index is 0.824. The van der Waals surface area contributed by atoms with Crippen molar-refractivity contribution < 1.29 is 43.0 Å². The average molecular weight is 819 g/mol. The van der Waals surface area contributed by atoms with Crippen molar-refractivity contribution in [2.24, 2.45) is 5.10 Å². The van der Waals surface area contributed by atoms with Crippen molar-refractivity contribution in [3.05, 3.63) is 107 Å². The maximum atomic E-state index is 13.3. The topological polar surface area (TPSA) is 185 Å². The highest BCUT2D eigenvalue weighted by atomic mass is 16.5. The zero-order valence-corrected chi connectivity index (χ0v) is 33.5. The molecule has 15 nitrogen and oxygen atoms in total. The van der Waals surface area contributed by atoms with E-state index in [0.717, 1.165) is 27.9 Å². The van der Waals surface area contributed by atoms with E-state index < -0.39 is 0 Å². The van der Waals surface area contributed by atoms with Gasteiger partial charge >= 0.3 is 0 Å². The fraction of sp³-hybridized carbons (Fsp3) is 0.356. The Morgan fingerprint density at radius 3 is 2.10 bits per heavy atom. The van der Waals surface area contributed by atoms with Crippen LogP contribution in [0.2, 0.25) is 0 Å². The lowest BCUT2D eigenvalue weighted by Gasteiger charge is -2.26. The number of ether oxygens (including phenoxy) is 3. The van der Waals surface area contributed by atoms with Gasteiger partial charge in [0.15, 0.2) is 0 Å². The van der Waals surface area contributed by atoms with Gasteiger partial charge in [-0.1, -0.05) is 60.7 Å². The van der Waals surface area contributed by atoms with Gasteiger partial charge in [0.25, 0.3) is 11.8 Å². The van der Waals surface area contributed by atoms with Crippen LogP contribution in [-0.2, 0) is 49.5 Å². The van der Waals surface area contributed by atoms with Crippen LogP contribution >= 0.6 is 0 Å². The van der Waals surface area contributed by atoms with Gasteiger partial charge in [-0.3, -0.25) is 33.7 Å². The molecule has 0 saturated carbocycles. The first-order valence-electron chi connectivity index (χ1n) is 20.0. The van der Waals surface area contributed by atoms with Crippen LogP contribution in [0.4, 0.5) is 11.4 Å². The molecule has 0 aromatic heterocycles. The van der Waals surface area contributed by atoms with E-state index in [2.05, 4.69) is 33.0 Å². The summed E-state index contributed by atoms with van der Waals surface area (Å²) >= 11 is 0. The number of nitrogens with one attached hydrogen (secondary N) is 3. The van der Waals surface area contributed by atoms with Gasteiger partial charge in [-0.15, -0.1) is 0 Å². The molecule has 0 atom stereocenters. The van der Waals surface area contributed by atoms with Gasteiger partial charge in [0.2, 0.25) is 23.6 Å². The Kier molecular flexibility index (Phi) is 18.2. The minimum absolute atomic E-state index is 0.0582. The quantitative estimate of drug-likeness (QED) is 0.0397. The number of carbonyl (C=O) groups is 6. The molecule has 2 heterocycles. The van der Waals surface area contributed by atoms with Crippen LogP contribution in [0.1, 0.15) is 67.2 Å². The predicted octanol–water partition coefficient (Wildman–Crippen LogP) is 3.84. The molecule has 0 saturated heterocycles. The number of imide groups is 1. The number of fused-ring (bicyclic) bond motifs is 2. The van der Waals surface area contributed by atoms with Crippen LogP contribution in [-0.4, -0.2) is 99.3 Å². The van der Waals surface area contributed by atoms with E-state index >= 15 is 0 Å². The third-order valence-electron chi connectivity index (χ3n) is 9.31. The van der Waals surface area contributed by atoms with Gasteiger partial charge in [-0.25, -0.2) is 5.43 Å². The van der Waals surface area contributed by atoms with E-state index in [0.29, 0.717) is 77.6 Å². The van der Waals surface area contributed by atoms with E-state index in [4.69, 9.17) is 14.2 Å². The highest BCUT2D eigenvalue weighted by Crippen LogP contribution is 2.26. The van der Waals surface area contributed by atoms with Crippen LogP contribution in [0.5, 0.6) is 0 Å².